The van der Waals surface area contributed by atoms with Crippen LogP contribution in [0.4, 0.5) is 9.59 Å². The van der Waals surface area contributed by atoms with E-state index in [9.17, 15) is 19.8 Å². The van der Waals surface area contributed by atoms with Gasteiger partial charge in [0.2, 0.25) is 5.79 Å². The number of methoxy groups -OCH3 is 1. The molecule has 6 atom stereocenters. The fourth-order valence-corrected chi connectivity index (χ4v) is 8.17. The summed E-state index contributed by atoms with van der Waals surface area (Å²) in [6, 6.07) is 14.3. The van der Waals surface area contributed by atoms with Crippen molar-refractivity contribution in [3.05, 3.63) is 84.0 Å². The van der Waals surface area contributed by atoms with Crippen molar-refractivity contribution in [2.24, 2.45) is 22.9 Å². The van der Waals surface area contributed by atoms with Crippen LogP contribution < -0.4 is 14.8 Å². The van der Waals surface area contributed by atoms with Gasteiger partial charge in [-0.15, -0.1) is 6.58 Å². The number of ether oxygens (including phenoxy) is 4. The normalized spacial score (nSPS) is 25.0. The highest BCUT2D eigenvalue weighted by Gasteiger charge is 2.65. The molecule has 0 spiro atoms. The third-order valence-electron chi connectivity index (χ3n) is 10.5. The Morgan fingerprint density at radius 1 is 1.07 bits per heavy atom. The van der Waals surface area contributed by atoms with Crippen LogP contribution >= 0.6 is 0 Å². The molecule has 294 valence electrons. The Kier molecular flexibility index (Phi) is 13.8. The number of amides is 2. The third-order valence-corrected chi connectivity index (χ3v) is 10.5. The summed E-state index contributed by atoms with van der Waals surface area (Å²) in [5.41, 5.74) is 2.79. The van der Waals surface area contributed by atoms with Gasteiger partial charge in [0.1, 0.15) is 23.1 Å². The first kappa shape index (κ1) is 40.8. The van der Waals surface area contributed by atoms with E-state index >= 15 is 0 Å². The average molecular weight is 748 g/mol. The molecule has 0 bridgehead atoms. The summed E-state index contributed by atoms with van der Waals surface area (Å²) < 4.78 is 25.0. The highest BCUT2D eigenvalue weighted by Crippen LogP contribution is 2.61. The first-order valence-electron chi connectivity index (χ1n) is 19.0. The topological polar surface area (TPSA) is 148 Å². The van der Waals surface area contributed by atoms with Crippen molar-refractivity contribution in [3.63, 3.8) is 0 Å². The maximum Gasteiger partial charge on any atom is 0.412 e. The molecule has 2 amide bonds. The number of likely N-dealkylation sites (N-methyl/N-ethyl adjacent to an activating group) is 1. The molecule has 0 aromatic heterocycles. The minimum absolute atomic E-state index is 0.0208. The zero-order valence-corrected chi connectivity index (χ0v) is 32.3. The van der Waals surface area contributed by atoms with Crippen LogP contribution in [0.1, 0.15) is 82.8 Å². The van der Waals surface area contributed by atoms with Gasteiger partial charge in [-0.1, -0.05) is 60.5 Å². The van der Waals surface area contributed by atoms with Crippen LogP contribution in [0.15, 0.2) is 78.0 Å². The van der Waals surface area contributed by atoms with Gasteiger partial charge >= 0.3 is 12.2 Å². The average Bonchev–Trinajstić information content (AvgIpc) is 3.16. The molecule has 2 aliphatic carbocycles. The van der Waals surface area contributed by atoms with Gasteiger partial charge in [-0.25, -0.2) is 9.59 Å². The molecule has 12 nitrogen and oxygen atoms in total. The third kappa shape index (κ3) is 9.27. The number of benzene rings is 2. The smallest absolute Gasteiger partial charge is 0.412 e. The molecule has 1 heterocycles. The van der Waals surface area contributed by atoms with Gasteiger partial charge in [-0.3, -0.25) is 0 Å². The number of aliphatic hydroxyl groups is 2. The molecule has 3 aliphatic rings. The molecule has 2 aromatic carbocycles. The number of hydrogen-bond acceptors (Lipinski definition) is 10. The number of hydrogen-bond donors (Lipinski definition) is 3. The Balaban J connectivity index is 1.69. The lowest BCUT2D eigenvalue weighted by atomic mass is 9.55. The van der Waals surface area contributed by atoms with Crippen molar-refractivity contribution in [1.82, 2.24) is 10.2 Å². The van der Waals surface area contributed by atoms with Gasteiger partial charge in [0.05, 0.1) is 25.3 Å². The van der Waals surface area contributed by atoms with Crippen molar-refractivity contribution in [2.75, 3.05) is 34.0 Å². The number of carbonyl (C=O) groups is 2. The van der Waals surface area contributed by atoms with Gasteiger partial charge in [-0.2, -0.15) is 0 Å². The number of nitrogens with one attached hydrogen (secondary N) is 1. The maximum absolute atomic E-state index is 13.3. The number of allylic oxidation sites excluding steroid dienone is 1. The summed E-state index contributed by atoms with van der Waals surface area (Å²) in [6.07, 6.45) is 7.53. The molecule has 1 aliphatic heterocycles. The second-order valence-corrected chi connectivity index (χ2v) is 15.3. The number of carbonyl (C=O) groups excluding carboxylic acids is 2. The molecule has 3 N–H and O–H groups in total. The summed E-state index contributed by atoms with van der Waals surface area (Å²) in [6.45, 7) is 10.4. The van der Waals surface area contributed by atoms with Gasteiger partial charge in [0.25, 0.3) is 0 Å². The summed E-state index contributed by atoms with van der Waals surface area (Å²) in [7, 11) is 3.01. The molecule has 0 radical (unpaired) electrons. The van der Waals surface area contributed by atoms with Crippen LogP contribution in [-0.4, -0.2) is 84.4 Å². The van der Waals surface area contributed by atoms with Crippen LogP contribution in [0.3, 0.4) is 0 Å². The Labute approximate surface area is 319 Å². The molecular weight excluding hydrogens is 690 g/mol. The number of aliphatic hydroxyl groups excluding tert-OH is 2. The van der Waals surface area contributed by atoms with E-state index in [1.165, 1.54) is 12.0 Å². The summed E-state index contributed by atoms with van der Waals surface area (Å²) in [5.74, 6) is -1.17. The van der Waals surface area contributed by atoms with Gasteiger partial charge in [-0.05, 0) is 87.6 Å². The van der Waals surface area contributed by atoms with Crippen LogP contribution in [-0.2, 0) is 20.9 Å². The largest absolute Gasteiger partial charge is 0.459 e. The quantitative estimate of drug-likeness (QED) is 0.0929. The number of rotatable bonds is 16. The second kappa shape index (κ2) is 18.3. The standard InChI is InChI=1S/C42H57N3O9/c1-7-23-51-42-36(45(5)40(49)50-6)26-34(44-54-41(2,3)4)32-24-29(17-11-13-21-46)31(18-12-14-22-47)37(38(32)42)33-25-30(19-20-35(33)53-42)52-39(48)43-27-28-15-9-8-10-16-28/h7-10,15-16,19-20,24-25,29,31,36-38,46-47H,1,11-14,17-18,21-23,26-27H2,2-6H3,(H,43,48). The van der Waals surface area contributed by atoms with Crippen LogP contribution in [0.5, 0.6) is 11.5 Å². The Hall–Kier alpha value is -4.39. The predicted molar refractivity (Wildman–Crippen MR) is 205 cm³/mol. The van der Waals surface area contributed by atoms with E-state index in [0.717, 1.165) is 42.4 Å². The first-order chi connectivity index (χ1) is 26.0. The van der Waals surface area contributed by atoms with E-state index in [0.29, 0.717) is 36.6 Å². The highest BCUT2D eigenvalue weighted by molar-refractivity contribution is 6.03. The van der Waals surface area contributed by atoms with Gasteiger partial charge in [0, 0.05) is 44.7 Å². The fraction of sp³-hybridized carbons (Fsp3) is 0.548. The lowest BCUT2D eigenvalue weighted by molar-refractivity contribution is -0.253. The van der Waals surface area contributed by atoms with Gasteiger partial charge in [0.15, 0.2) is 0 Å². The molecule has 6 unspecified atom stereocenters. The van der Waals surface area contributed by atoms with E-state index in [2.05, 4.69) is 18.0 Å². The molecule has 0 saturated heterocycles. The Morgan fingerprint density at radius 3 is 2.46 bits per heavy atom. The summed E-state index contributed by atoms with van der Waals surface area (Å²) in [5, 5.41) is 27.2. The van der Waals surface area contributed by atoms with E-state index in [1.807, 2.05) is 57.2 Å². The van der Waals surface area contributed by atoms with Crippen molar-refractivity contribution < 1.29 is 43.6 Å². The van der Waals surface area contributed by atoms with Crippen molar-refractivity contribution in [3.8, 4) is 11.5 Å². The molecular formula is C42H57N3O9. The predicted octanol–water partition coefficient (Wildman–Crippen LogP) is 7.11. The summed E-state index contributed by atoms with van der Waals surface area (Å²) in [4.78, 5) is 34.0. The van der Waals surface area contributed by atoms with Crippen LogP contribution in [0.2, 0.25) is 0 Å². The molecule has 1 fully saturated rings. The fourth-order valence-electron chi connectivity index (χ4n) is 8.17. The monoisotopic (exact) mass is 747 g/mol. The first-order valence-corrected chi connectivity index (χ1v) is 19.0. The van der Waals surface area contributed by atoms with E-state index in [1.54, 1.807) is 25.3 Å². The summed E-state index contributed by atoms with van der Waals surface area (Å²) >= 11 is 0. The van der Waals surface area contributed by atoms with E-state index in [4.69, 9.17) is 28.9 Å². The number of unbranched alkanes of at least 4 members (excludes halogenated alkanes) is 2. The lowest BCUT2D eigenvalue weighted by Gasteiger charge is -2.59. The Bertz CT molecular complexity index is 1660. The van der Waals surface area contributed by atoms with Crippen molar-refractivity contribution >= 4 is 17.9 Å². The second-order valence-electron chi connectivity index (χ2n) is 15.3. The molecule has 12 heteroatoms. The number of oxime groups is 1. The molecule has 54 heavy (non-hydrogen) atoms. The molecule has 5 rings (SSSR count). The molecule has 2 aromatic rings. The number of fused-ring (bicyclic) bond motifs is 2. The van der Waals surface area contributed by atoms with E-state index < -0.39 is 35.5 Å². The van der Waals surface area contributed by atoms with Crippen LogP contribution in [0, 0.1) is 17.8 Å². The zero-order chi connectivity index (χ0) is 38.9. The molecule has 1 saturated carbocycles. The minimum atomic E-state index is -1.40. The van der Waals surface area contributed by atoms with E-state index in [-0.39, 0.29) is 44.0 Å². The van der Waals surface area contributed by atoms with Crippen molar-refractivity contribution in [1.29, 1.82) is 0 Å². The number of nitrogens with zero attached hydrogens (tertiary/aromatic N) is 2. The SMILES string of the molecule is C=CCOC12Oc3ccc(OC(=O)NCc4ccccc4)cc3C3C(CCCCO)C(CCCCO)C=C(C(=NOC(C)(C)C)CC1N(C)C(=O)OC)C32. The van der Waals surface area contributed by atoms with Crippen LogP contribution in [0.25, 0.3) is 0 Å². The Morgan fingerprint density at radius 2 is 1.80 bits per heavy atom. The lowest BCUT2D eigenvalue weighted by Crippen LogP contribution is -2.69. The van der Waals surface area contributed by atoms with Crippen molar-refractivity contribution in [2.45, 2.75) is 95.6 Å². The maximum atomic E-state index is 13.3. The minimum Gasteiger partial charge on any atom is -0.459 e. The zero-order valence-electron chi connectivity index (χ0n) is 32.3. The van der Waals surface area contributed by atoms with Gasteiger partial charge < -0.3 is 44.2 Å². The highest BCUT2D eigenvalue weighted by atomic mass is 16.7.